The highest BCUT2D eigenvalue weighted by Crippen LogP contribution is 2.49. The first kappa shape index (κ1) is 20.9. The summed E-state index contributed by atoms with van der Waals surface area (Å²) in [6.45, 7) is 13.0. The van der Waals surface area contributed by atoms with Crippen LogP contribution in [-0.2, 0) is 13.6 Å². The van der Waals surface area contributed by atoms with E-state index in [1.165, 1.54) is 25.7 Å². The van der Waals surface area contributed by atoms with Crippen LogP contribution in [0.4, 0.5) is 0 Å². The maximum atomic E-state index is 6.59. The Morgan fingerprint density at radius 3 is 2.76 bits per heavy atom. The first-order valence-electron chi connectivity index (χ1n) is 10.7. The number of hydrogen-bond donors (Lipinski definition) is 1. The van der Waals surface area contributed by atoms with E-state index in [9.17, 15) is 0 Å². The second-order valence-corrected chi connectivity index (χ2v) is 10.8. The summed E-state index contributed by atoms with van der Waals surface area (Å²) in [7, 11) is 1.88. The van der Waals surface area contributed by atoms with Crippen LogP contribution in [0.2, 0.25) is 5.15 Å². The Labute approximate surface area is 179 Å². The van der Waals surface area contributed by atoms with E-state index >= 15 is 0 Å². The third kappa shape index (κ3) is 4.54. The molecule has 160 valence electrons. The standard InChI is InChI=1S/C22H34ClN5O/c1-15-10-18(26-29-15)19-17(20(23)27(5)25-19)13-28-9-7-22(14-28)11-16(12-22)24-8-6-21(2,3)4/h10,16,24H,6-9,11-14H2,1-5H3/t16-,22+. The highest BCUT2D eigenvalue weighted by molar-refractivity contribution is 6.30. The Morgan fingerprint density at radius 2 is 2.10 bits per heavy atom. The Morgan fingerprint density at radius 1 is 1.34 bits per heavy atom. The Kier molecular flexibility index (Phi) is 5.55. The first-order chi connectivity index (χ1) is 13.6. The second kappa shape index (κ2) is 7.71. The molecule has 2 aromatic rings. The van der Waals surface area contributed by atoms with Gasteiger partial charge in [0.25, 0.3) is 0 Å². The molecule has 0 unspecified atom stereocenters. The fraction of sp³-hybridized carbons (Fsp3) is 0.727. The van der Waals surface area contributed by atoms with Gasteiger partial charge in [-0.2, -0.15) is 5.10 Å². The molecule has 2 aromatic heterocycles. The zero-order valence-corrected chi connectivity index (χ0v) is 19.1. The minimum absolute atomic E-state index is 0.404. The van der Waals surface area contributed by atoms with Gasteiger partial charge in [-0.15, -0.1) is 0 Å². The van der Waals surface area contributed by atoms with Crippen molar-refractivity contribution in [2.75, 3.05) is 19.6 Å². The molecule has 29 heavy (non-hydrogen) atoms. The number of aromatic nitrogens is 3. The third-order valence-corrected chi connectivity index (χ3v) is 6.98. The summed E-state index contributed by atoms with van der Waals surface area (Å²) in [4.78, 5) is 2.53. The van der Waals surface area contributed by atoms with Crippen molar-refractivity contribution in [1.82, 2.24) is 25.2 Å². The largest absolute Gasteiger partial charge is 0.361 e. The molecule has 1 N–H and O–H groups in total. The van der Waals surface area contributed by atoms with E-state index in [0.717, 1.165) is 48.9 Å². The molecule has 0 bridgehead atoms. The lowest BCUT2D eigenvalue weighted by Gasteiger charge is -2.46. The van der Waals surface area contributed by atoms with Gasteiger partial charge in [0.2, 0.25) is 0 Å². The number of likely N-dealkylation sites (tertiary alicyclic amines) is 1. The summed E-state index contributed by atoms with van der Waals surface area (Å²) in [5, 5.41) is 13.2. The van der Waals surface area contributed by atoms with Crippen LogP contribution in [0, 0.1) is 17.8 Å². The smallest absolute Gasteiger partial charge is 0.134 e. The molecule has 0 amide bonds. The predicted molar refractivity (Wildman–Crippen MR) is 116 cm³/mol. The van der Waals surface area contributed by atoms with Crippen LogP contribution in [0.15, 0.2) is 10.6 Å². The van der Waals surface area contributed by atoms with Crippen molar-refractivity contribution < 1.29 is 4.52 Å². The Bertz CT molecular complexity index is 859. The molecule has 1 saturated heterocycles. The van der Waals surface area contributed by atoms with E-state index in [1.54, 1.807) is 4.68 Å². The minimum atomic E-state index is 0.404. The number of hydrogen-bond acceptors (Lipinski definition) is 5. The van der Waals surface area contributed by atoms with Gasteiger partial charge in [-0.3, -0.25) is 9.58 Å². The maximum Gasteiger partial charge on any atom is 0.134 e. The molecule has 1 aliphatic carbocycles. The maximum absolute atomic E-state index is 6.59. The third-order valence-electron chi connectivity index (χ3n) is 6.51. The van der Waals surface area contributed by atoms with Gasteiger partial charge < -0.3 is 9.84 Å². The number of rotatable bonds is 6. The van der Waals surface area contributed by atoms with Crippen LogP contribution >= 0.6 is 11.6 Å². The molecule has 3 heterocycles. The summed E-state index contributed by atoms with van der Waals surface area (Å²) < 4.78 is 6.99. The van der Waals surface area contributed by atoms with Crippen LogP contribution < -0.4 is 5.32 Å². The van der Waals surface area contributed by atoms with Crippen molar-refractivity contribution in [2.24, 2.45) is 17.9 Å². The van der Waals surface area contributed by atoms with E-state index in [2.05, 4.69) is 41.2 Å². The van der Waals surface area contributed by atoms with Gasteiger partial charge in [-0.1, -0.05) is 37.5 Å². The second-order valence-electron chi connectivity index (χ2n) is 10.4. The topological polar surface area (TPSA) is 59.1 Å². The van der Waals surface area contributed by atoms with Crippen molar-refractivity contribution >= 4 is 11.6 Å². The summed E-state index contributed by atoms with van der Waals surface area (Å²) >= 11 is 6.59. The molecule has 0 aromatic carbocycles. The Hall–Kier alpha value is -1.37. The average Bonchev–Trinajstić information content (AvgIpc) is 3.28. The van der Waals surface area contributed by atoms with Gasteiger partial charge in [0.15, 0.2) is 0 Å². The molecule has 1 saturated carbocycles. The average molecular weight is 420 g/mol. The van der Waals surface area contributed by atoms with Crippen molar-refractivity contribution in [2.45, 2.75) is 66.0 Å². The lowest BCUT2D eigenvalue weighted by molar-refractivity contribution is 0.0868. The molecule has 1 spiro atoms. The van der Waals surface area contributed by atoms with Gasteiger partial charge in [0.05, 0.1) is 0 Å². The zero-order chi connectivity index (χ0) is 20.8. The summed E-state index contributed by atoms with van der Waals surface area (Å²) in [5.74, 6) is 0.785. The number of nitrogens with one attached hydrogen (secondary N) is 1. The molecule has 7 heteroatoms. The summed E-state index contributed by atoms with van der Waals surface area (Å²) in [5.41, 5.74) is 3.55. The molecule has 1 aliphatic heterocycles. The molecule has 6 nitrogen and oxygen atoms in total. The van der Waals surface area contributed by atoms with Gasteiger partial charge in [0, 0.05) is 37.8 Å². The monoisotopic (exact) mass is 419 g/mol. The normalized spacial score (nSPS) is 25.1. The fourth-order valence-corrected chi connectivity index (χ4v) is 5.06. The number of halogens is 1. The SMILES string of the molecule is Cc1cc(-c2nn(C)c(Cl)c2CN2CC[C@]3(C2)C[C@@H](NCCC(C)(C)C)C3)no1. The molecule has 0 radical (unpaired) electrons. The van der Waals surface area contributed by atoms with E-state index in [1.807, 2.05) is 20.0 Å². The van der Waals surface area contributed by atoms with Crippen LogP contribution in [0.3, 0.4) is 0 Å². The molecule has 0 atom stereocenters. The van der Waals surface area contributed by atoms with Crippen LogP contribution in [0.25, 0.3) is 11.4 Å². The van der Waals surface area contributed by atoms with E-state index in [4.69, 9.17) is 16.1 Å². The van der Waals surface area contributed by atoms with E-state index < -0.39 is 0 Å². The number of aryl methyl sites for hydroxylation is 2. The highest BCUT2D eigenvalue weighted by Gasteiger charge is 2.48. The Balaban J connectivity index is 1.35. The van der Waals surface area contributed by atoms with E-state index in [-0.39, 0.29) is 0 Å². The molecule has 2 aliphatic rings. The van der Waals surface area contributed by atoms with Crippen LogP contribution in [-0.4, -0.2) is 45.5 Å². The zero-order valence-electron chi connectivity index (χ0n) is 18.4. The molecular formula is C22H34ClN5O. The van der Waals surface area contributed by atoms with Gasteiger partial charge >= 0.3 is 0 Å². The lowest BCUT2D eigenvalue weighted by atomic mass is 9.65. The number of nitrogens with zero attached hydrogens (tertiary/aromatic N) is 4. The quantitative estimate of drug-likeness (QED) is 0.751. The van der Waals surface area contributed by atoms with Crippen molar-refractivity contribution in [3.8, 4) is 11.4 Å². The van der Waals surface area contributed by atoms with Gasteiger partial charge in [-0.05, 0) is 56.5 Å². The fourth-order valence-electron chi connectivity index (χ4n) is 4.87. The first-order valence-corrected chi connectivity index (χ1v) is 11.1. The minimum Gasteiger partial charge on any atom is -0.361 e. The predicted octanol–water partition coefficient (Wildman–Crippen LogP) is 4.42. The summed E-state index contributed by atoms with van der Waals surface area (Å²) in [6.07, 6.45) is 5.10. The molecule has 4 rings (SSSR count). The van der Waals surface area contributed by atoms with Gasteiger partial charge in [0.1, 0.15) is 22.3 Å². The summed E-state index contributed by atoms with van der Waals surface area (Å²) in [6, 6.07) is 2.61. The van der Waals surface area contributed by atoms with E-state index in [0.29, 0.717) is 22.0 Å². The van der Waals surface area contributed by atoms with Crippen molar-refractivity contribution in [3.05, 3.63) is 22.5 Å². The van der Waals surface area contributed by atoms with Crippen LogP contribution in [0.5, 0.6) is 0 Å². The molecule has 2 fully saturated rings. The lowest BCUT2D eigenvalue weighted by Crippen LogP contribution is -2.50. The highest BCUT2D eigenvalue weighted by atomic mass is 35.5. The van der Waals surface area contributed by atoms with Crippen molar-refractivity contribution in [1.29, 1.82) is 0 Å². The van der Waals surface area contributed by atoms with Crippen LogP contribution in [0.1, 0.15) is 57.8 Å². The van der Waals surface area contributed by atoms with Gasteiger partial charge in [-0.25, -0.2) is 0 Å². The van der Waals surface area contributed by atoms with Crippen molar-refractivity contribution in [3.63, 3.8) is 0 Å². The molecular weight excluding hydrogens is 386 g/mol.